The fraction of sp³-hybridized carbons (Fsp3) is 0.308. The summed E-state index contributed by atoms with van der Waals surface area (Å²) in [6, 6.07) is 4.24. The van der Waals surface area contributed by atoms with E-state index in [0.717, 1.165) is 12.5 Å². The zero-order chi connectivity index (χ0) is 14.9. The van der Waals surface area contributed by atoms with E-state index in [0.29, 0.717) is 22.1 Å². The first-order chi connectivity index (χ1) is 9.32. The number of pyridine rings is 1. The van der Waals surface area contributed by atoms with Gasteiger partial charge in [0.1, 0.15) is 5.69 Å². The molecule has 0 fully saturated rings. The van der Waals surface area contributed by atoms with Gasteiger partial charge in [-0.1, -0.05) is 34.5 Å². The SMILES string of the molecule is CCCNc1cc(C(F)(F)F)nc2c(Cl)cc(Br)cc12. The Morgan fingerprint density at radius 1 is 1.30 bits per heavy atom. The molecule has 0 unspecified atom stereocenters. The number of hydrogen-bond acceptors (Lipinski definition) is 2. The smallest absolute Gasteiger partial charge is 0.384 e. The predicted octanol–water partition coefficient (Wildman–Crippen LogP) is 5.49. The summed E-state index contributed by atoms with van der Waals surface area (Å²) < 4.78 is 39.3. The first-order valence-corrected chi connectivity index (χ1v) is 7.11. The fourth-order valence-corrected chi connectivity index (χ4v) is 2.65. The Morgan fingerprint density at radius 2 is 2.00 bits per heavy atom. The lowest BCUT2D eigenvalue weighted by atomic mass is 10.1. The van der Waals surface area contributed by atoms with Crippen molar-refractivity contribution in [1.82, 2.24) is 4.98 Å². The molecule has 20 heavy (non-hydrogen) atoms. The van der Waals surface area contributed by atoms with Crippen LogP contribution in [-0.2, 0) is 6.18 Å². The van der Waals surface area contributed by atoms with Crippen LogP contribution in [0.5, 0.6) is 0 Å². The Labute approximate surface area is 127 Å². The van der Waals surface area contributed by atoms with Crippen molar-refractivity contribution in [3.8, 4) is 0 Å². The first-order valence-electron chi connectivity index (χ1n) is 5.93. The largest absolute Gasteiger partial charge is 0.433 e. The lowest BCUT2D eigenvalue weighted by Gasteiger charge is -2.14. The molecule has 1 aromatic carbocycles. The highest BCUT2D eigenvalue weighted by atomic mass is 79.9. The first kappa shape index (κ1) is 15.4. The summed E-state index contributed by atoms with van der Waals surface area (Å²) in [6.07, 6.45) is -3.71. The van der Waals surface area contributed by atoms with Crippen LogP contribution < -0.4 is 5.32 Å². The highest BCUT2D eigenvalue weighted by Gasteiger charge is 2.33. The third-order valence-electron chi connectivity index (χ3n) is 2.69. The van der Waals surface area contributed by atoms with E-state index in [2.05, 4.69) is 26.2 Å². The molecule has 108 valence electrons. The van der Waals surface area contributed by atoms with Crippen molar-refractivity contribution in [3.63, 3.8) is 0 Å². The van der Waals surface area contributed by atoms with Crippen molar-refractivity contribution < 1.29 is 13.2 Å². The van der Waals surface area contributed by atoms with Gasteiger partial charge < -0.3 is 5.32 Å². The van der Waals surface area contributed by atoms with E-state index in [9.17, 15) is 13.2 Å². The Kier molecular flexibility index (Phi) is 4.44. The number of halogens is 5. The zero-order valence-electron chi connectivity index (χ0n) is 10.5. The molecule has 0 amide bonds. The molecule has 1 heterocycles. The maximum atomic E-state index is 12.9. The van der Waals surface area contributed by atoms with Crippen LogP contribution in [0.1, 0.15) is 19.0 Å². The number of rotatable bonds is 3. The maximum Gasteiger partial charge on any atom is 0.433 e. The molecule has 0 saturated carbocycles. The molecule has 0 atom stereocenters. The van der Waals surface area contributed by atoms with Gasteiger partial charge in [-0.3, -0.25) is 0 Å². The second kappa shape index (κ2) is 5.77. The minimum atomic E-state index is -4.51. The molecule has 2 rings (SSSR count). The lowest BCUT2D eigenvalue weighted by Crippen LogP contribution is -2.10. The van der Waals surface area contributed by atoms with Crippen molar-refractivity contribution in [2.24, 2.45) is 0 Å². The average Bonchev–Trinajstić information content (AvgIpc) is 2.34. The number of fused-ring (bicyclic) bond motifs is 1. The lowest BCUT2D eigenvalue weighted by molar-refractivity contribution is -0.140. The topological polar surface area (TPSA) is 24.9 Å². The molecular formula is C13H11BrClF3N2. The minimum Gasteiger partial charge on any atom is -0.384 e. The predicted molar refractivity (Wildman–Crippen MR) is 78.2 cm³/mol. The van der Waals surface area contributed by atoms with E-state index in [1.54, 1.807) is 6.07 Å². The molecule has 0 spiro atoms. The third-order valence-corrected chi connectivity index (χ3v) is 3.43. The molecule has 7 heteroatoms. The summed E-state index contributed by atoms with van der Waals surface area (Å²) in [5, 5.41) is 3.73. The number of nitrogens with one attached hydrogen (secondary N) is 1. The zero-order valence-corrected chi connectivity index (χ0v) is 12.8. The van der Waals surface area contributed by atoms with Crippen molar-refractivity contribution >= 4 is 44.1 Å². The molecular weight excluding hydrogens is 357 g/mol. The molecule has 0 bridgehead atoms. The summed E-state index contributed by atoms with van der Waals surface area (Å²) in [5.41, 5.74) is -0.427. The van der Waals surface area contributed by atoms with Gasteiger partial charge >= 0.3 is 6.18 Å². The normalized spacial score (nSPS) is 11.9. The quantitative estimate of drug-likeness (QED) is 0.776. The summed E-state index contributed by atoms with van der Waals surface area (Å²) >= 11 is 9.28. The van der Waals surface area contributed by atoms with E-state index < -0.39 is 11.9 Å². The van der Waals surface area contributed by atoms with E-state index in [1.165, 1.54) is 6.07 Å². The van der Waals surface area contributed by atoms with Crippen LogP contribution in [0.2, 0.25) is 5.02 Å². The Hall–Kier alpha value is -1.01. The molecule has 1 aromatic heterocycles. The number of hydrogen-bond donors (Lipinski definition) is 1. The van der Waals surface area contributed by atoms with Crippen LogP contribution in [0.15, 0.2) is 22.7 Å². The fourth-order valence-electron chi connectivity index (χ4n) is 1.80. The number of alkyl halides is 3. The standard InChI is InChI=1S/C13H11BrClF3N2/c1-2-3-19-10-6-11(13(16,17)18)20-12-8(10)4-7(14)5-9(12)15/h4-6H,2-3H2,1H3,(H,19,20). The highest BCUT2D eigenvalue weighted by molar-refractivity contribution is 9.10. The second-order valence-corrected chi connectivity index (χ2v) is 5.59. The van der Waals surface area contributed by atoms with Crippen LogP contribution >= 0.6 is 27.5 Å². The molecule has 2 nitrogen and oxygen atoms in total. The van der Waals surface area contributed by atoms with Crippen LogP contribution in [0.4, 0.5) is 18.9 Å². The van der Waals surface area contributed by atoms with Crippen molar-refractivity contribution in [3.05, 3.63) is 33.4 Å². The van der Waals surface area contributed by atoms with Gasteiger partial charge in [0, 0.05) is 22.1 Å². The third kappa shape index (κ3) is 3.17. The summed E-state index contributed by atoms with van der Waals surface area (Å²) in [5.74, 6) is 0. The van der Waals surface area contributed by atoms with E-state index in [4.69, 9.17) is 11.6 Å². The molecule has 0 aliphatic rings. The van der Waals surface area contributed by atoms with Crippen LogP contribution in [0, 0.1) is 0 Å². The molecule has 2 aromatic rings. The maximum absolute atomic E-state index is 12.9. The van der Waals surface area contributed by atoms with Crippen LogP contribution in [0.3, 0.4) is 0 Å². The Bertz CT molecular complexity index is 644. The minimum absolute atomic E-state index is 0.142. The van der Waals surface area contributed by atoms with Gasteiger partial charge in [-0.15, -0.1) is 0 Å². The second-order valence-electron chi connectivity index (χ2n) is 4.26. The van der Waals surface area contributed by atoms with Crippen molar-refractivity contribution in [1.29, 1.82) is 0 Å². The molecule has 1 N–H and O–H groups in total. The monoisotopic (exact) mass is 366 g/mol. The summed E-state index contributed by atoms with van der Waals surface area (Å²) in [7, 11) is 0. The average molecular weight is 368 g/mol. The molecule has 0 saturated heterocycles. The van der Waals surface area contributed by atoms with Gasteiger partial charge in [-0.25, -0.2) is 4.98 Å². The van der Waals surface area contributed by atoms with Gasteiger partial charge in [-0.2, -0.15) is 13.2 Å². The van der Waals surface area contributed by atoms with Crippen LogP contribution in [-0.4, -0.2) is 11.5 Å². The number of benzene rings is 1. The number of nitrogens with zero attached hydrogens (tertiary/aromatic N) is 1. The van der Waals surface area contributed by atoms with Gasteiger partial charge in [0.25, 0.3) is 0 Å². The van der Waals surface area contributed by atoms with Crippen molar-refractivity contribution in [2.75, 3.05) is 11.9 Å². The van der Waals surface area contributed by atoms with Gasteiger partial charge in [0.05, 0.1) is 10.5 Å². The summed E-state index contributed by atoms with van der Waals surface area (Å²) in [4.78, 5) is 3.64. The van der Waals surface area contributed by atoms with E-state index >= 15 is 0 Å². The molecule has 0 radical (unpaired) electrons. The Morgan fingerprint density at radius 3 is 2.60 bits per heavy atom. The Balaban J connectivity index is 2.71. The number of aromatic nitrogens is 1. The van der Waals surface area contributed by atoms with Crippen molar-refractivity contribution in [2.45, 2.75) is 19.5 Å². The van der Waals surface area contributed by atoms with Gasteiger partial charge in [0.15, 0.2) is 0 Å². The molecule has 0 aliphatic carbocycles. The molecule has 0 aliphatic heterocycles. The van der Waals surface area contributed by atoms with Gasteiger partial charge in [-0.05, 0) is 24.6 Å². The van der Waals surface area contributed by atoms with E-state index in [1.807, 2.05) is 6.92 Å². The van der Waals surface area contributed by atoms with Gasteiger partial charge in [0.2, 0.25) is 0 Å². The van der Waals surface area contributed by atoms with Crippen LogP contribution in [0.25, 0.3) is 10.9 Å². The van der Waals surface area contributed by atoms with E-state index in [-0.39, 0.29) is 10.5 Å². The summed E-state index contributed by atoms with van der Waals surface area (Å²) in [6.45, 7) is 2.50. The highest BCUT2D eigenvalue weighted by Crippen LogP contribution is 2.36. The number of anilines is 1.